The Morgan fingerprint density at radius 3 is 3.16 bits per heavy atom. The van der Waals surface area contributed by atoms with Crippen molar-refractivity contribution in [3.05, 3.63) is 12.3 Å². The highest BCUT2D eigenvalue weighted by Gasteiger charge is 2.51. The molecular formula is C17H24N4O3S. The summed E-state index contributed by atoms with van der Waals surface area (Å²) >= 11 is 1.83. The fraction of sp³-hybridized carbons (Fsp3) is 0.706. The summed E-state index contributed by atoms with van der Waals surface area (Å²) in [6.07, 6.45) is 4.78. The lowest BCUT2D eigenvalue weighted by Crippen LogP contribution is -2.59. The summed E-state index contributed by atoms with van der Waals surface area (Å²) in [7, 11) is 0. The average Bonchev–Trinajstić information content (AvgIpc) is 3.12. The van der Waals surface area contributed by atoms with Crippen LogP contribution >= 0.6 is 11.8 Å². The number of cyclic esters (lactones) is 1. The molecule has 1 N–H and O–H groups in total. The number of rotatable bonds is 5. The molecule has 3 saturated heterocycles. The molecule has 1 amide bonds. The van der Waals surface area contributed by atoms with E-state index < -0.39 is 0 Å². The molecule has 4 unspecified atom stereocenters. The van der Waals surface area contributed by atoms with Gasteiger partial charge in [-0.25, -0.2) is 14.7 Å². The van der Waals surface area contributed by atoms with E-state index in [1.165, 1.54) is 0 Å². The molecule has 3 aliphatic rings. The van der Waals surface area contributed by atoms with Crippen molar-refractivity contribution in [3.8, 4) is 0 Å². The molecule has 0 saturated carbocycles. The second kappa shape index (κ2) is 6.99. The minimum absolute atomic E-state index is 0.115. The zero-order valence-electron chi connectivity index (χ0n) is 14.6. The molecule has 7 nitrogen and oxygen atoms in total. The van der Waals surface area contributed by atoms with Crippen molar-refractivity contribution in [3.63, 3.8) is 0 Å². The molecule has 136 valence electrons. The fourth-order valence-electron chi connectivity index (χ4n) is 3.73. The van der Waals surface area contributed by atoms with Gasteiger partial charge < -0.3 is 14.8 Å². The SMILES string of the molecule is CC[C@@H]1SC2C1COC(=O)N2c1ccnc(NC(C)C2CCCO2)n1. The fourth-order valence-corrected chi connectivity index (χ4v) is 5.22. The topological polar surface area (TPSA) is 76.6 Å². The Labute approximate surface area is 151 Å². The third-order valence-electron chi connectivity index (χ3n) is 5.18. The first-order valence-corrected chi connectivity index (χ1v) is 9.94. The lowest BCUT2D eigenvalue weighted by Gasteiger charge is -2.50. The highest BCUT2D eigenvalue weighted by molar-refractivity contribution is 8.02. The van der Waals surface area contributed by atoms with Gasteiger partial charge in [-0.3, -0.25) is 0 Å². The summed E-state index contributed by atoms with van der Waals surface area (Å²) in [6, 6.07) is 1.90. The van der Waals surface area contributed by atoms with Crippen LogP contribution in [0.2, 0.25) is 0 Å². The number of hydrogen-bond acceptors (Lipinski definition) is 7. The maximum absolute atomic E-state index is 12.3. The third-order valence-corrected chi connectivity index (χ3v) is 7.05. The van der Waals surface area contributed by atoms with Gasteiger partial charge in [0.25, 0.3) is 0 Å². The van der Waals surface area contributed by atoms with E-state index in [-0.39, 0.29) is 23.6 Å². The number of aromatic nitrogens is 2. The van der Waals surface area contributed by atoms with Crippen molar-refractivity contribution in [1.82, 2.24) is 9.97 Å². The van der Waals surface area contributed by atoms with Crippen LogP contribution in [-0.2, 0) is 9.47 Å². The molecule has 25 heavy (non-hydrogen) atoms. The Bertz CT molecular complexity index is 640. The van der Waals surface area contributed by atoms with Gasteiger partial charge in [0, 0.05) is 24.0 Å². The first-order chi connectivity index (χ1) is 12.2. The highest BCUT2D eigenvalue weighted by Crippen LogP contribution is 2.49. The monoisotopic (exact) mass is 364 g/mol. The molecule has 0 bridgehead atoms. The summed E-state index contributed by atoms with van der Waals surface area (Å²) in [5.41, 5.74) is 0. The predicted molar refractivity (Wildman–Crippen MR) is 96.9 cm³/mol. The summed E-state index contributed by atoms with van der Waals surface area (Å²) in [5, 5.41) is 3.98. The molecule has 0 aromatic carbocycles. The van der Waals surface area contributed by atoms with Crippen LogP contribution < -0.4 is 10.2 Å². The van der Waals surface area contributed by atoms with Crippen LogP contribution in [0, 0.1) is 5.92 Å². The largest absolute Gasteiger partial charge is 0.449 e. The van der Waals surface area contributed by atoms with Gasteiger partial charge in [0.2, 0.25) is 5.95 Å². The molecule has 4 heterocycles. The first-order valence-electron chi connectivity index (χ1n) is 9.00. The van der Waals surface area contributed by atoms with E-state index in [4.69, 9.17) is 9.47 Å². The second-order valence-corrected chi connectivity index (χ2v) is 8.17. The van der Waals surface area contributed by atoms with Gasteiger partial charge in [-0.15, -0.1) is 11.8 Å². The minimum atomic E-state index is -0.319. The maximum Gasteiger partial charge on any atom is 0.416 e. The van der Waals surface area contributed by atoms with Crippen LogP contribution in [0.4, 0.5) is 16.6 Å². The Hall–Kier alpha value is -1.54. The quantitative estimate of drug-likeness (QED) is 0.861. The number of nitrogens with zero attached hydrogens (tertiary/aromatic N) is 3. The number of carbonyl (C=O) groups is 1. The number of carbonyl (C=O) groups excluding carboxylic acids is 1. The Morgan fingerprint density at radius 2 is 2.40 bits per heavy atom. The van der Waals surface area contributed by atoms with Crippen molar-refractivity contribution in [1.29, 1.82) is 0 Å². The van der Waals surface area contributed by atoms with Crippen molar-refractivity contribution >= 4 is 29.6 Å². The van der Waals surface area contributed by atoms with Crippen molar-refractivity contribution in [2.75, 3.05) is 23.4 Å². The second-order valence-electron chi connectivity index (χ2n) is 6.81. The molecule has 8 heteroatoms. The average molecular weight is 364 g/mol. The smallest absolute Gasteiger partial charge is 0.416 e. The van der Waals surface area contributed by atoms with Crippen LogP contribution in [-0.4, -0.2) is 52.0 Å². The molecule has 3 aliphatic heterocycles. The number of anilines is 2. The van der Waals surface area contributed by atoms with E-state index >= 15 is 0 Å². The number of ether oxygens (including phenoxy) is 2. The standard InChI is InChI=1S/C17H24N4O3S/c1-3-13-11-9-24-17(22)21(15(11)25-13)14-6-7-18-16(20-14)19-10(2)12-5-4-8-23-12/h6-7,10-13,15H,3-5,8-9H2,1-2H3,(H,18,19,20)/t10?,11?,12?,13-,15?/m0/s1. The molecule has 0 aliphatic carbocycles. The molecule has 5 atom stereocenters. The molecule has 0 spiro atoms. The Balaban J connectivity index is 1.49. The highest BCUT2D eigenvalue weighted by atomic mass is 32.2. The zero-order chi connectivity index (χ0) is 17.4. The Kier molecular flexibility index (Phi) is 4.73. The van der Waals surface area contributed by atoms with Crippen LogP contribution in [0.15, 0.2) is 12.3 Å². The van der Waals surface area contributed by atoms with Crippen LogP contribution in [0.25, 0.3) is 0 Å². The summed E-state index contributed by atoms with van der Waals surface area (Å²) in [5.74, 6) is 1.50. The normalized spacial score (nSPS) is 32.6. The number of nitrogens with one attached hydrogen (secondary N) is 1. The molecule has 0 radical (unpaired) electrons. The van der Waals surface area contributed by atoms with Crippen LogP contribution in [0.3, 0.4) is 0 Å². The molecule has 1 aromatic heterocycles. The summed E-state index contributed by atoms with van der Waals surface area (Å²) in [4.78, 5) is 22.8. The van der Waals surface area contributed by atoms with E-state index in [0.29, 0.717) is 29.5 Å². The maximum atomic E-state index is 12.3. The zero-order valence-corrected chi connectivity index (χ0v) is 15.4. The predicted octanol–water partition coefficient (Wildman–Crippen LogP) is 2.88. The van der Waals surface area contributed by atoms with E-state index in [2.05, 4.69) is 29.1 Å². The van der Waals surface area contributed by atoms with Gasteiger partial charge >= 0.3 is 6.09 Å². The van der Waals surface area contributed by atoms with E-state index in [9.17, 15) is 4.79 Å². The van der Waals surface area contributed by atoms with Crippen molar-refractivity contribution in [2.45, 2.75) is 55.9 Å². The third kappa shape index (κ3) is 3.17. The van der Waals surface area contributed by atoms with Gasteiger partial charge in [0.15, 0.2) is 0 Å². The number of fused-ring (bicyclic) bond motifs is 1. The first kappa shape index (κ1) is 16.9. The lowest BCUT2D eigenvalue weighted by molar-refractivity contribution is 0.0992. The number of thioether (sulfide) groups is 1. The Morgan fingerprint density at radius 1 is 1.52 bits per heavy atom. The summed E-state index contributed by atoms with van der Waals surface area (Å²) in [6.45, 7) is 5.58. The molecule has 3 fully saturated rings. The molecular weight excluding hydrogens is 340 g/mol. The van der Waals surface area contributed by atoms with Crippen LogP contribution in [0.5, 0.6) is 0 Å². The van der Waals surface area contributed by atoms with Gasteiger partial charge in [-0.2, -0.15) is 4.98 Å². The van der Waals surface area contributed by atoms with Crippen molar-refractivity contribution in [2.24, 2.45) is 5.92 Å². The molecule has 4 rings (SSSR count). The van der Waals surface area contributed by atoms with Gasteiger partial charge in [0.05, 0.1) is 24.1 Å². The summed E-state index contributed by atoms with van der Waals surface area (Å²) < 4.78 is 11.1. The van der Waals surface area contributed by atoms with Gasteiger partial charge in [0.1, 0.15) is 5.82 Å². The number of amides is 1. The van der Waals surface area contributed by atoms with E-state index in [1.807, 2.05) is 11.8 Å². The van der Waals surface area contributed by atoms with Crippen molar-refractivity contribution < 1.29 is 14.3 Å². The lowest BCUT2D eigenvalue weighted by atomic mass is 10.0. The number of hydrogen-bond donors (Lipinski definition) is 1. The minimum Gasteiger partial charge on any atom is -0.449 e. The molecule has 1 aromatic rings. The van der Waals surface area contributed by atoms with Gasteiger partial charge in [-0.1, -0.05) is 6.92 Å². The van der Waals surface area contributed by atoms with Crippen LogP contribution in [0.1, 0.15) is 33.1 Å². The van der Waals surface area contributed by atoms with E-state index in [1.54, 1.807) is 17.2 Å². The van der Waals surface area contributed by atoms with Gasteiger partial charge in [-0.05, 0) is 32.3 Å². The van der Waals surface area contributed by atoms with E-state index in [0.717, 1.165) is 25.9 Å².